The molecule has 2 nitrogen and oxygen atoms in total. The molecule has 0 radical (unpaired) electrons. The van der Waals surface area contributed by atoms with Gasteiger partial charge in [-0.3, -0.25) is 0 Å². The second-order valence-corrected chi connectivity index (χ2v) is 6.04. The average molecular weight is 238 g/mol. The number of nitrogens with zero attached hydrogens (tertiary/aromatic N) is 1. The molecule has 100 valence electrons. The average Bonchev–Trinajstić information content (AvgIpc) is 2.41. The molecule has 2 heteroatoms. The van der Waals surface area contributed by atoms with Gasteiger partial charge in [-0.05, 0) is 70.2 Å². The van der Waals surface area contributed by atoms with E-state index in [1.54, 1.807) is 0 Å². The molecule has 1 aliphatic heterocycles. The fraction of sp³-hybridized carbons (Fsp3) is 1.00. The predicted molar refractivity (Wildman–Crippen MR) is 74.3 cm³/mol. The van der Waals surface area contributed by atoms with E-state index in [1.807, 2.05) is 0 Å². The van der Waals surface area contributed by atoms with Crippen molar-refractivity contribution in [2.75, 3.05) is 32.7 Å². The lowest BCUT2D eigenvalue weighted by molar-refractivity contribution is 0.188. The number of hydrogen-bond donors (Lipinski definition) is 1. The van der Waals surface area contributed by atoms with Crippen LogP contribution >= 0.6 is 0 Å². The summed E-state index contributed by atoms with van der Waals surface area (Å²) in [5.74, 6) is 1.93. The Morgan fingerprint density at radius 1 is 0.882 bits per heavy atom. The molecule has 0 aromatic carbocycles. The molecule has 2 fully saturated rings. The van der Waals surface area contributed by atoms with Crippen molar-refractivity contribution < 1.29 is 0 Å². The Morgan fingerprint density at radius 2 is 1.47 bits per heavy atom. The Hall–Kier alpha value is -0.0800. The topological polar surface area (TPSA) is 15.3 Å². The van der Waals surface area contributed by atoms with Gasteiger partial charge in [0, 0.05) is 0 Å². The van der Waals surface area contributed by atoms with Crippen molar-refractivity contribution in [3.8, 4) is 0 Å². The molecule has 2 rings (SSSR count). The summed E-state index contributed by atoms with van der Waals surface area (Å²) in [5.41, 5.74) is 0. The lowest BCUT2D eigenvalue weighted by atomic mass is 9.89. The van der Waals surface area contributed by atoms with E-state index in [-0.39, 0.29) is 0 Å². The fourth-order valence-corrected chi connectivity index (χ4v) is 3.39. The summed E-state index contributed by atoms with van der Waals surface area (Å²) in [5, 5.41) is 3.74. The van der Waals surface area contributed by atoms with Gasteiger partial charge in [0.15, 0.2) is 0 Å². The van der Waals surface area contributed by atoms with Gasteiger partial charge < -0.3 is 10.2 Å². The SMILES string of the molecule is CCN1CCC(CNCC2CCCCC2)CC1. The van der Waals surface area contributed by atoms with E-state index in [2.05, 4.69) is 17.1 Å². The zero-order valence-corrected chi connectivity index (χ0v) is 11.6. The number of piperidine rings is 1. The van der Waals surface area contributed by atoms with Crippen LogP contribution in [0.15, 0.2) is 0 Å². The summed E-state index contributed by atoms with van der Waals surface area (Å²) in [6.45, 7) is 8.73. The van der Waals surface area contributed by atoms with Crippen LogP contribution in [0, 0.1) is 11.8 Å². The molecule has 0 bridgehead atoms. The third-order valence-corrected chi connectivity index (χ3v) is 4.75. The van der Waals surface area contributed by atoms with E-state index in [0.29, 0.717) is 0 Å². The van der Waals surface area contributed by atoms with Crippen molar-refractivity contribution in [2.45, 2.75) is 51.9 Å². The maximum Gasteiger partial charge on any atom is -0.00157 e. The highest BCUT2D eigenvalue weighted by Gasteiger charge is 2.18. The third-order valence-electron chi connectivity index (χ3n) is 4.75. The van der Waals surface area contributed by atoms with Gasteiger partial charge in [-0.1, -0.05) is 26.2 Å². The summed E-state index contributed by atoms with van der Waals surface area (Å²) in [4.78, 5) is 2.58. The number of nitrogens with one attached hydrogen (secondary N) is 1. The van der Waals surface area contributed by atoms with E-state index in [0.717, 1.165) is 11.8 Å². The van der Waals surface area contributed by atoms with Crippen molar-refractivity contribution in [1.29, 1.82) is 0 Å². The maximum atomic E-state index is 3.74. The summed E-state index contributed by atoms with van der Waals surface area (Å²) in [6, 6.07) is 0. The van der Waals surface area contributed by atoms with Gasteiger partial charge >= 0.3 is 0 Å². The first-order chi connectivity index (χ1) is 8.38. The second kappa shape index (κ2) is 7.38. The number of likely N-dealkylation sites (tertiary alicyclic amines) is 1. The smallest absolute Gasteiger partial charge is 0.00157 e. The Morgan fingerprint density at radius 3 is 2.06 bits per heavy atom. The van der Waals surface area contributed by atoms with Crippen molar-refractivity contribution in [3.05, 3.63) is 0 Å². The van der Waals surface area contributed by atoms with E-state index in [9.17, 15) is 0 Å². The van der Waals surface area contributed by atoms with Crippen LogP contribution in [0.25, 0.3) is 0 Å². The molecule has 0 atom stereocenters. The Bertz CT molecular complexity index is 191. The zero-order chi connectivity index (χ0) is 11.9. The molecule has 0 spiro atoms. The fourth-order valence-electron chi connectivity index (χ4n) is 3.39. The normalized spacial score (nSPS) is 25.2. The van der Waals surface area contributed by atoms with Crippen LogP contribution in [0.1, 0.15) is 51.9 Å². The summed E-state index contributed by atoms with van der Waals surface area (Å²) >= 11 is 0. The first-order valence-corrected chi connectivity index (χ1v) is 7.81. The van der Waals surface area contributed by atoms with E-state index in [4.69, 9.17) is 0 Å². The van der Waals surface area contributed by atoms with Gasteiger partial charge in [0.1, 0.15) is 0 Å². The molecular formula is C15H30N2. The molecule has 0 unspecified atom stereocenters. The standard InChI is InChI=1S/C15H30N2/c1-2-17-10-8-15(9-11-17)13-16-12-14-6-4-3-5-7-14/h14-16H,2-13H2,1H3. The molecule has 1 saturated carbocycles. The van der Waals surface area contributed by atoms with Crippen LogP contribution in [-0.4, -0.2) is 37.6 Å². The maximum absolute atomic E-state index is 3.74. The summed E-state index contributed by atoms with van der Waals surface area (Å²) in [7, 11) is 0. The minimum atomic E-state index is 0.946. The second-order valence-electron chi connectivity index (χ2n) is 6.04. The molecule has 1 heterocycles. The molecule has 1 saturated heterocycles. The van der Waals surface area contributed by atoms with Crippen molar-refractivity contribution in [1.82, 2.24) is 10.2 Å². The quantitative estimate of drug-likeness (QED) is 0.792. The number of rotatable bonds is 5. The van der Waals surface area contributed by atoms with Gasteiger partial charge in [0.2, 0.25) is 0 Å². The lowest BCUT2D eigenvalue weighted by Crippen LogP contribution is -2.38. The van der Waals surface area contributed by atoms with Crippen LogP contribution < -0.4 is 5.32 Å². The highest BCUT2D eigenvalue weighted by molar-refractivity contribution is 4.74. The molecule has 0 amide bonds. The lowest BCUT2D eigenvalue weighted by Gasteiger charge is -2.31. The molecule has 0 aromatic rings. The molecule has 2 aliphatic rings. The van der Waals surface area contributed by atoms with Gasteiger partial charge in [-0.25, -0.2) is 0 Å². The largest absolute Gasteiger partial charge is 0.316 e. The third kappa shape index (κ3) is 4.59. The van der Waals surface area contributed by atoms with Crippen molar-refractivity contribution >= 4 is 0 Å². The van der Waals surface area contributed by atoms with Gasteiger partial charge in [0.05, 0.1) is 0 Å². The highest BCUT2D eigenvalue weighted by Crippen LogP contribution is 2.23. The van der Waals surface area contributed by atoms with Crippen LogP contribution in [0.4, 0.5) is 0 Å². The summed E-state index contributed by atoms with van der Waals surface area (Å²) < 4.78 is 0. The van der Waals surface area contributed by atoms with Gasteiger partial charge in [-0.2, -0.15) is 0 Å². The minimum Gasteiger partial charge on any atom is -0.316 e. The molecule has 0 aromatic heterocycles. The van der Waals surface area contributed by atoms with Gasteiger partial charge in [-0.15, -0.1) is 0 Å². The summed E-state index contributed by atoms with van der Waals surface area (Å²) in [6.07, 6.45) is 10.2. The van der Waals surface area contributed by atoms with Crippen LogP contribution in [-0.2, 0) is 0 Å². The Kier molecular flexibility index (Phi) is 5.79. The molecule has 17 heavy (non-hydrogen) atoms. The van der Waals surface area contributed by atoms with E-state index >= 15 is 0 Å². The van der Waals surface area contributed by atoms with Crippen LogP contribution in [0.5, 0.6) is 0 Å². The molecule has 1 N–H and O–H groups in total. The van der Waals surface area contributed by atoms with E-state index in [1.165, 1.54) is 77.7 Å². The van der Waals surface area contributed by atoms with E-state index < -0.39 is 0 Å². The minimum absolute atomic E-state index is 0.946. The Labute approximate surface area is 107 Å². The highest BCUT2D eigenvalue weighted by atomic mass is 15.1. The van der Waals surface area contributed by atoms with Crippen molar-refractivity contribution in [3.63, 3.8) is 0 Å². The molecule has 1 aliphatic carbocycles. The molecular weight excluding hydrogens is 208 g/mol. The van der Waals surface area contributed by atoms with Crippen LogP contribution in [0.3, 0.4) is 0 Å². The monoisotopic (exact) mass is 238 g/mol. The predicted octanol–water partition coefficient (Wildman–Crippen LogP) is 2.89. The van der Waals surface area contributed by atoms with Crippen molar-refractivity contribution in [2.24, 2.45) is 11.8 Å². The Balaban J connectivity index is 1.53. The first kappa shape index (κ1) is 13.4. The number of hydrogen-bond acceptors (Lipinski definition) is 2. The van der Waals surface area contributed by atoms with Crippen LogP contribution in [0.2, 0.25) is 0 Å². The van der Waals surface area contributed by atoms with Gasteiger partial charge in [0.25, 0.3) is 0 Å². The first-order valence-electron chi connectivity index (χ1n) is 7.81. The zero-order valence-electron chi connectivity index (χ0n) is 11.6.